The minimum atomic E-state index is -1.51. The minimum Gasteiger partial charge on any atom is -0.609 e. The zero-order chi connectivity index (χ0) is 12.3. The molecule has 0 radical (unpaired) electrons. The number of Topliss-reactive ketones (excluding diaryl/α,β-unsaturated/α-hetero) is 1. The molecule has 0 bridgehead atoms. The van der Waals surface area contributed by atoms with Crippen molar-refractivity contribution in [1.29, 1.82) is 0 Å². The largest absolute Gasteiger partial charge is 0.609 e. The lowest BCUT2D eigenvalue weighted by atomic mass is 10.3. The molecule has 0 fully saturated rings. The fraction of sp³-hybridized carbons (Fsp3) is 0.300. The quantitative estimate of drug-likeness (QED) is 0.465. The zero-order valence-corrected chi connectivity index (χ0v) is 12.7. The molecule has 0 aliphatic rings. The van der Waals surface area contributed by atoms with Gasteiger partial charge in [0.05, 0.1) is 7.11 Å². The molecule has 1 unspecified atom stereocenters. The Morgan fingerprint density at radius 2 is 1.88 bits per heavy atom. The summed E-state index contributed by atoms with van der Waals surface area (Å²) in [6.07, 6.45) is 0. The van der Waals surface area contributed by atoms with E-state index in [1.807, 2.05) is 0 Å². The van der Waals surface area contributed by atoms with Gasteiger partial charge in [-0.05, 0) is 56.1 Å². The average Bonchev–Trinajstić information content (AvgIpc) is 2.28. The van der Waals surface area contributed by atoms with Gasteiger partial charge in [-0.3, -0.25) is 4.79 Å². The third kappa shape index (κ3) is 3.00. The Labute approximate surface area is 114 Å². The highest BCUT2D eigenvalue weighted by Gasteiger charge is 2.43. The monoisotopic (exact) mass is 369 g/mol. The van der Waals surface area contributed by atoms with Gasteiger partial charge in [0.1, 0.15) is 5.75 Å². The standard InChI is InChI=1S/C10H10Br2O3S/c1-7(13)10(11,12)16(14)9-5-3-8(15-2)4-6-9/h3-6H,1-2H3/i10+1. The van der Waals surface area contributed by atoms with Crippen LogP contribution in [0.15, 0.2) is 29.2 Å². The average molecular weight is 371 g/mol. The van der Waals surface area contributed by atoms with Crippen LogP contribution in [0.5, 0.6) is 5.75 Å². The molecule has 88 valence electrons. The van der Waals surface area contributed by atoms with E-state index in [-0.39, 0.29) is 5.78 Å². The van der Waals surface area contributed by atoms with Gasteiger partial charge in [0.2, 0.25) is 5.78 Å². The number of ketones is 1. The van der Waals surface area contributed by atoms with Crippen LogP contribution >= 0.6 is 31.9 Å². The molecular formula is C10H10Br2O3S. The highest BCUT2D eigenvalue weighted by atomic mass is 79.9. The van der Waals surface area contributed by atoms with Crippen LogP contribution in [0.1, 0.15) is 6.92 Å². The van der Waals surface area contributed by atoms with Crippen LogP contribution < -0.4 is 4.74 Å². The SMILES string of the molecule is COc1ccc([S+]([O-])[13C](Br)(Br)C(C)=O)cc1. The summed E-state index contributed by atoms with van der Waals surface area (Å²) >= 11 is 4.73. The van der Waals surface area contributed by atoms with E-state index < -0.39 is 13.7 Å². The maximum atomic E-state index is 12.1. The molecule has 0 amide bonds. The van der Waals surface area contributed by atoms with Crippen LogP contribution in [-0.2, 0) is 16.0 Å². The van der Waals surface area contributed by atoms with Crippen molar-refractivity contribution < 1.29 is 14.1 Å². The molecule has 0 heterocycles. The van der Waals surface area contributed by atoms with Gasteiger partial charge in [-0.15, -0.1) is 0 Å². The number of alkyl halides is 2. The molecule has 0 aliphatic heterocycles. The van der Waals surface area contributed by atoms with Gasteiger partial charge >= 0.3 is 0 Å². The van der Waals surface area contributed by atoms with Crippen molar-refractivity contribution in [2.24, 2.45) is 0 Å². The van der Waals surface area contributed by atoms with Crippen molar-refractivity contribution >= 4 is 48.8 Å². The third-order valence-corrected chi connectivity index (χ3v) is 6.25. The van der Waals surface area contributed by atoms with Crippen molar-refractivity contribution in [3.8, 4) is 5.75 Å². The Kier molecular flexibility index (Phi) is 4.85. The predicted octanol–water partition coefficient (Wildman–Crippen LogP) is 2.84. The summed E-state index contributed by atoms with van der Waals surface area (Å²) in [5.41, 5.74) is 0. The number of carbonyl (C=O) groups is 1. The van der Waals surface area contributed by atoms with E-state index in [4.69, 9.17) is 4.74 Å². The van der Waals surface area contributed by atoms with Gasteiger partial charge in [-0.25, -0.2) is 0 Å². The lowest BCUT2D eigenvalue weighted by Crippen LogP contribution is -2.32. The van der Waals surface area contributed by atoms with Gasteiger partial charge < -0.3 is 9.29 Å². The maximum Gasteiger partial charge on any atom is 0.294 e. The lowest BCUT2D eigenvalue weighted by molar-refractivity contribution is -0.115. The van der Waals surface area contributed by atoms with Gasteiger partial charge in [0.15, 0.2) is 4.90 Å². The minimum absolute atomic E-state index is 0.248. The number of methoxy groups -OCH3 is 1. The zero-order valence-electron chi connectivity index (χ0n) is 8.70. The maximum absolute atomic E-state index is 12.1. The van der Waals surface area contributed by atoms with Gasteiger partial charge in [-0.1, -0.05) is 0 Å². The molecule has 16 heavy (non-hydrogen) atoms. The first-order valence-corrected chi connectivity index (χ1v) is 7.08. The smallest absolute Gasteiger partial charge is 0.294 e. The molecular weight excluding hydrogens is 361 g/mol. The van der Waals surface area contributed by atoms with E-state index in [1.54, 1.807) is 31.4 Å². The van der Waals surface area contributed by atoms with Crippen molar-refractivity contribution in [2.75, 3.05) is 7.11 Å². The normalized spacial score (nSPS) is 13.3. The Bertz CT molecular complexity index is 378. The Balaban J connectivity index is 2.96. The predicted molar refractivity (Wildman–Crippen MR) is 70.7 cm³/mol. The van der Waals surface area contributed by atoms with E-state index in [0.29, 0.717) is 10.6 Å². The summed E-state index contributed by atoms with van der Waals surface area (Å²) in [4.78, 5) is 11.8. The molecule has 1 aromatic rings. The molecule has 0 saturated carbocycles. The fourth-order valence-electron chi connectivity index (χ4n) is 0.978. The number of ether oxygens (including phenoxy) is 1. The van der Waals surface area contributed by atoms with E-state index in [1.165, 1.54) is 6.92 Å². The fourth-order valence-corrected chi connectivity index (χ4v) is 3.04. The first-order chi connectivity index (χ1) is 7.39. The summed E-state index contributed by atoms with van der Waals surface area (Å²) in [6, 6.07) is 6.72. The summed E-state index contributed by atoms with van der Waals surface area (Å²) in [6.45, 7) is 1.37. The molecule has 3 nitrogen and oxygen atoms in total. The summed E-state index contributed by atoms with van der Waals surface area (Å²) < 4.78 is 15.8. The first kappa shape index (κ1) is 14.0. The second-order valence-electron chi connectivity index (χ2n) is 3.02. The number of benzene rings is 1. The van der Waals surface area contributed by atoms with Crippen LogP contribution in [0.3, 0.4) is 0 Å². The third-order valence-electron chi connectivity index (χ3n) is 1.92. The Hall–Kier alpha value is -0.0400. The molecule has 6 heteroatoms. The van der Waals surface area contributed by atoms with Crippen LogP contribution in [0.25, 0.3) is 0 Å². The van der Waals surface area contributed by atoms with E-state index in [9.17, 15) is 9.35 Å². The second kappa shape index (κ2) is 5.53. The highest BCUT2D eigenvalue weighted by molar-refractivity contribution is 9.28. The number of hydrogen-bond donors (Lipinski definition) is 0. The lowest BCUT2D eigenvalue weighted by Gasteiger charge is -2.21. The Morgan fingerprint density at radius 3 is 2.25 bits per heavy atom. The van der Waals surface area contributed by atoms with Crippen LogP contribution in [0, 0.1) is 0 Å². The van der Waals surface area contributed by atoms with Crippen molar-refractivity contribution in [3.05, 3.63) is 24.3 Å². The van der Waals surface area contributed by atoms with Crippen molar-refractivity contribution in [2.45, 2.75) is 14.4 Å². The Morgan fingerprint density at radius 1 is 1.38 bits per heavy atom. The molecule has 0 N–H and O–H groups in total. The molecule has 1 rings (SSSR count). The number of hydrogen-bond acceptors (Lipinski definition) is 3. The molecule has 0 spiro atoms. The number of halogens is 2. The molecule has 0 aromatic heterocycles. The summed E-state index contributed by atoms with van der Waals surface area (Å²) in [7, 11) is 1.56. The number of rotatable bonds is 4. The van der Waals surface area contributed by atoms with E-state index in [0.717, 1.165) is 0 Å². The van der Waals surface area contributed by atoms with Gasteiger partial charge in [0, 0.05) is 18.1 Å². The van der Waals surface area contributed by atoms with E-state index in [2.05, 4.69) is 31.9 Å². The van der Waals surface area contributed by atoms with Crippen LogP contribution in [-0.4, -0.2) is 20.0 Å². The van der Waals surface area contributed by atoms with Crippen LogP contribution in [0.2, 0.25) is 0 Å². The molecule has 1 aromatic carbocycles. The summed E-state index contributed by atoms with van der Waals surface area (Å²) in [5, 5.41) is 0. The number of carbonyl (C=O) groups excluding carboxylic acids is 1. The van der Waals surface area contributed by atoms with Crippen molar-refractivity contribution in [3.63, 3.8) is 0 Å². The van der Waals surface area contributed by atoms with Gasteiger partial charge in [-0.2, -0.15) is 0 Å². The molecule has 0 saturated heterocycles. The topological polar surface area (TPSA) is 49.4 Å². The summed E-state index contributed by atoms with van der Waals surface area (Å²) in [5.74, 6) is 0.431. The molecule has 0 aliphatic carbocycles. The van der Waals surface area contributed by atoms with Crippen molar-refractivity contribution in [1.82, 2.24) is 0 Å². The molecule has 1 atom stereocenters. The second-order valence-corrected chi connectivity index (χ2v) is 9.13. The van der Waals surface area contributed by atoms with E-state index >= 15 is 0 Å². The highest BCUT2D eigenvalue weighted by Crippen LogP contribution is 2.38. The van der Waals surface area contributed by atoms with Gasteiger partial charge in [0.25, 0.3) is 2.57 Å². The van der Waals surface area contributed by atoms with Crippen LogP contribution in [0.4, 0.5) is 0 Å². The first-order valence-electron chi connectivity index (χ1n) is 4.34.